The van der Waals surface area contributed by atoms with Gasteiger partial charge in [0.15, 0.2) is 0 Å². The Labute approximate surface area is 120 Å². The molecule has 3 rings (SSSR count). The van der Waals surface area contributed by atoms with Crippen LogP contribution in [0.4, 0.5) is 11.4 Å². The fourth-order valence-electron chi connectivity index (χ4n) is 2.42. The zero-order valence-electron chi connectivity index (χ0n) is 11.3. The van der Waals surface area contributed by atoms with E-state index >= 15 is 0 Å². The van der Waals surface area contributed by atoms with Gasteiger partial charge in [0.2, 0.25) is 5.91 Å². The van der Waals surface area contributed by atoms with Crippen LogP contribution < -0.4 is 10.2 Å². The molecule has 0 saturated carbocycles. The van der Waals surface area contributed by atoms with Crippen LogP contribution in [-0.4, -0.2) is 17.7 Å². The molecule has 0 atom stereocenters. The molecule has 0 aliphatic carbocycles. The predicted octanol–water partition coefficient (Wildman–Crippen LogP) is 2.23. The maximum absolute atomic E-state index is 11.8. The van der Waals surface area contributed by atoms with Gasteiger partial charge in [0, 0.05) is 35.5 Å². The van der Waals surface area contributed by atoms with E-state index in [4.69, 9.17) is 0 Å². The molecular formula is C16H12N2O3. The van der Waals surface area contributed by atoms with Gasteiger partial charge in [-0.05, 0) is 12.1 Å². The summed E-state index contributed by atoms with van der Waals surface area (Å²) < 4.78 is 0. The molecule has 1 aliphatic rings. The summed E-state index contributed by atoms with van der Waals surface area (Å²) in [6, 6.07) is 10.7. The standard InChI is InChI=1S/C16H12N2O3/c1-10(19)17-13-6-2-5-12-11(13)4-3-7-14(12)18-15(20)8-9-16(18)21/h2-9H,1H3,(H,17,19). The molecule has 1 heterocycles. The minimum atomic E-state index is -0.363. The number of anilines is 2. The van der Waals surface area contributed by atoms with Crippen LogP contribution in [0.5, 0.6) is 0 Å². The average Bonchev–Trinajstić information content (AvgIpc) is 2.77. The van der Waals surface area contributed by atoms with Crippen LogP contribution in [-0.2, 0) is 14.4 Å². The van der Waals surface area contributed by atoms with Crippen LogP contribution in [0.2, 0.25) is 0 Å². The molecule has 2 aromatic carbocycles. The van der Waals surface area contributed by atoms with E-state index in [0.29, 0.717) is 11.4 Å². The minimum Gasteiger partial charge on any atom is -0.326 e. The van der Waals surface area contributed by atoms with Crippen molar-refractivity contribution in [1.82, 2.24) is 0 Å². The van der Waals surface area contributed by atoms with E-state index in [1.807, 2.05) is 12.1 Å². The molecule has 5 nitrogen and oxygen atoms in total. The lowest BCUT2D eigenvalue weighted by Gasteiger charge is -2.17. The Balaban J connectivity index is 2.19. The van der Waals surface area contributed by atoms with Crippen molar-refractivity contribution in [2.24, 2.45) is 0 Å². The number of carbonyl (C=O) groups excluding carboxylic acids is 3. The highest BCUT2D eigenvalue weighted by atomic mass is 16.2. The highest BCUT2D eigenvalue weighted by Gasteiger charge is 2.26. The zero-order valence-corrected chi connectivity index (χ0v) is 11.3. The SMILES string of the molecule is CC(=O)Nc1cccc2c(N3C(=O)C=CC3=O)cccc12. The summed E-state index contributed by atoms with van der Waals surface area (Å²) in [6.45, 7) is 1.43. The number of fused-ring (bicyclic) bond motifs is 1. The molecule has 5 heteroatoms. The Morgan fingerprint density at radius 3 is 2.24 bits per heavy atom. The Morgan fingerprint density at radius 2 is 1.57 bits per heavy atom. The van der Waals surface area contributed by atoms with Gasteiger partial charge in [0.05, 0.1) is 5.69 Å². The van der Waals surface area contributed by atoms with E-state index in [0.717, 1.165) is 15.7 Å². The van der Waals surface area contributed by atoms with Crippen molar-refractivity contribution in [2.75, 3.05) is 10.2 Å². The topological polar surface area (TPSA) is 66.5 Å². The summed E-state index contributed by atoms with van der Waals surface area (Å²) in [5, 5.41) is 4.25. The van der Waals surface area contributed by atoms with Gasteiger partial charge >= 0.3 is 0 Å². The van der Waals surface area contributed by atoms with E-state index in [9.17, 15) is 14.4 Å². The molecule has 0 spiro atoms. The Morgan fingerprint density at radius 1 is 0.952 bits per heavy atom. The monoisotopic (exact) mass is 280 g/mol. The van der Waals surface area contributed by atoms with Gasteiger partial charge in [-0.1, -0.05) is 24.3 Å². The van der Waals surface area contributed by atoms with Crippen LogP contribution >= 0.6 is 0 Å². The van der Waals surface area contributed by atoms with Crippen molar-refractivity contribution < 1.29 is 14.4 Å². The number of carbonyl (C=O) groups is 3. The molecule has 0 aromatic heterocycles. The molecule has 2 aromatic rings. The number of hydrogen-bond acceptors (Lipinski definition) is 3. The zero-order chi connectivity index (χ0) is 15.0. The molecule has 0 radical (unpaired) electrons. The Kier molecular flexibility index (Phi) is 3.02. The summed E-state index contributed by atoms with van der Waals surface area (Å²) in [4.78, 5) is 36.1. The maximum Gasteiger partial charge on any atom is 0.258 e. The summed E-state index contributed by atoms with van der Waals surface area (Å²) in [7, 11) is 0. The molecule has 0 saturated heterocycles. The number of imide groups is 1. The molecule has 0 fully saturated rings. The highest BCUT2D eigenvalue weighted by Crippen LogP contribution is 2.32. The fourth-order valence-corrected chi connectivity index (χ4v) is 2.42. The van der Waals surface area contributed by atoms with Gasteiger partial charge < -0.3 is 5.32 Å². The third-order valence-electron chi connectivity index (χ3n) is 3.26. The summed E-state index contributed by atoms with van der Waals surface area (Å²) in [5.74, 6) is -0.905. The van der Waals surface area contributed by atoms with Crippen LogP contribution in [0.3, 0.4) is 0 Å². The van der Waals surface area contributed by atoms with E-state index in [1.165, 1.54) is 19.1 Å². The number of nitrogens with one attached hydrogen (secondary N) is 1. The van der Waals surface area contributed by atoms with Gasteiger partial charge in [-0.15, -0.1) is 0 Å². The minimum absolute atomic E-state index is 0.178. The number of nitrogens with zero attached hydrogens (tertiary/aromatic N) is 1. The van der Waals surface area contributed by atoms with Crippen molar-refractivity contribution >= 4 is 39.9 Å². The molecule has 1 N–H and O–H groups in total. The lowest BCUT2D eigenvalue weighted by Crippen LogP contribution is -2.29. The van der Waals surface area contributed by atoms with Crippen LogP contribution in [0.25, 0.3) is 10.8 Å². The van der Waals surface area contributed by atoms with Gasteiger partial charge in [0.25, 0.3) is 11.8 Å². The first-order chi connectivity index (χ1) is 10.1. The number of benzene rings is 2. The second-order valence-corrected chi connectivity index (χ2v) is 4.70. The van der Waals surface area contributed by atoms with E-state index in [-0.39, 0.29) is 17.7 Å². The van der Waals surface area contributed by atoms with Crippen LogP contribution in [0.1, 0.15) is 6.92 Å². The number of amides is 3. The second-order valence-electron chi connectivity index (χ2n) is 4.70. The Hall–Kier alpha value is -2.95. The van der Waals surface area contributed by atoms with Gasteiger partial charge in [-0.25, -0.2) is 4.90 Å². The molecular weight excluding hydrogens is 268 g/mol. The molecule has 0 bridgehead atoms. The van der Waals surface area contributed by atoms with E-state index < -0.39 is 0 Å². The number of hydrogen-bond donors (Lipinski definition) is 1. The largest absolute Gasteiger partial charge is 0.326 e. The van der Waals surface area contributed by atoms with Crippen molar-refractivity contribution in [3.05, 3.63) is 48.6 Å². The lowest BCUT2D eigenvalue weighted by molar-refractivity contribution is -0.120. The van der Waals surface area contributed by atoms with Gasteiger partial charge in [-0.3, -0.25) is 14.4 Å². The van der Waals surface area contributed by atoms with E-state index in [2.05, 4.69) is 5.32 Å². The molecule has 0 unspecified atom stereocenters. The smallest absolute Gasteiger partial charge is 0.258 e. The summed E-state index contributed by atoms with van der Waals surface area (Å²) in [5.41, 5.74) is 1.16. The fraction of sp³-hybridized carbons (Fsp3) is 0.0625. The lowest BCUT2D eigenvalue weighted by atomic mass is 10.1. The van der Waals surface area contributed by atoms with Crippen LogP contribution in [0, 0.1) is 0 Å². The predicted molar refractivity (Wildman–Crippen MR) is 79.9 cm³/mol. The van der Waals surface area contributed by atoms with E-state index in [1.54, 1.807) is 24.3 Å². The first-order valence-electron chi connectivity index (χ1n) is 6.43. The average molecular weight is 280 g/mol. The first kappa shape index (κ1) is 13.1. The van der Waals surface area contributed by atoms with Crippen molar-refractivity contribution in [2.45, 2.75) is 6.92 Å². The molecule has 1 aliphatic heterocycles. The van der Waals surface area contributed by atoms with Gasteiger partial charge in [-0.2, -0.15) is 0 Å². The van der Waals surface area contributed by atoms with Crippen molar-refractivity contribution in [3.63, 3.8) is 0 Å². The normalized spacial score (nSPS) is 14.0. The maximum atomic E-state index is 11.8. The second kappa shape index (κ2) is 4.86. The first-order valence-corrected chi connectivity index (χ1v) is 6.43. The van der Waals surface area contributed by atoms with Crippen molar-refractivity contribution in [1.29, 1.82) is 0 Å². The van der Waals surface area contributed by atoms with Gasteiger partial charge in [0.1, 0.15) is 0 Å². The summed E-state index contributed by atoms with van der Waals surface area (Å²) >= 11 is 0. The highest BCUT2D eigenvalue weighted by molar-refractivity contribution is 6.30. The van der Waals surface area contributed by atoms with Crippen LogP contribution in [0.15, 0.2) is 48.6 Å². The third-order valence-corrected chi connectivity index (χ3v) is 3.26. The molecule has 3 amide bonds. The quantitative estimate of drug-likeness (QED) is 0.858. The van der Waals surface area contributed by atoms with Crippen molar-refractivity contribution in [3.8, 4) is 0 Å². The Bertz CT molecular complexity index is 790. The third kappa shape index (κ3) is 2.18. The molecule has 104 valence electrons. The summed E-state index contributed by atoms with van der Waals surface area (Å²) in [6.07, 6.45) is 2.50. The number of rotatable bonds is 2. The molecule has 21 heavy (non-hydrogen) atoms.